The van der Waals surface area contributed by atoms with Crippen molar-refractivity contribution in [3.05, 3.63) is 23.2 Å². The van der Waals surface area contributed by atoms with Crippen LogP contribution in [0.15, 0.2) is 18.2 Å². The lowest BCUT2D eigenvalue weighted by Gasteiger charge is -2.06. The number of hydrogen-bond acceptors (Lipinski definition) is 3. The van der Waals surface area contributed by atoms with E-state index in [4.69, 9.17) is 21.1 Å². The molecule has 0 spiro atoms. The van der Waals surface area contributed by atoms with E-state index in [1.165, 1.54) is 14.2 Å². The summed E-state index contributed by atoms with van der Waals surface area (Å²) in [6.07, 6.45) is -0.558. The normalized spacial score (nSPS) is 9.36. The van der Waals surface area contributed by atoms with Crippen molar-refractivity contribution in [3.8, 4) is 11.5 Å². The molecule has 0 atom stereocenters. The van der Waals surface area contributed by atoms with Crippen LogP contribution in [-0.2, 0) is 0 Å². The number of halogens is 1. The molecule has 0 bridgehead atoms. The van der Waals surface area contributed by atoms with Crippen LogP contribution in [0.4, 0.5) is 4.79 Å². The first-order chi connectivity index (χ1) is 6.67. The van der Waals surface area contributed by atoms with Gasteiger partial charge in [-0.05, 0) is 12.1 Å². The maximum Gasteiger partial charge on any atom is 0.412 e. The van der Waals surface area contributed by atoms with Crippen molar-refractivity contribution in [1.82, 2.24) is 5.32 Å². The number of carbonyl (C=O) groups is 1. The molecule has 1 amide bonds. The second-order valence-corrected chi connectivity index (χ2v) is 2.84. The number of amides is 1. The molecule has 0 radical (unpaired) electrons. The Hall–Kier alpha value is -1.42. The summed E-state index contributed by atoms with van der Waals surface area (Å²) in [5.74, 6) is 0.908. The van der Waals surface area contributed by atoms with Crippen LogP contribution in [0.2, 0.25) is 5.02 Å². The summed E-state index contributed by atoms with van der Waals surface area (Å²) in [5, 5.41) is 2.65. The van der Waals surface area contributed by atoms with Gasteiger partial charge in [0, 0.05) is 13.1 Å². The van der Waals surface area contributed by atoms with E-state index < -0.39 is 6.09 Å². The highest BCUT2D eigenvalue weighted by Crippen LogP contribution is 2.28. The van der Waals surface area contributed by atoms with E-state index in [0.29, 0.717) is 16.5 Å². The molecule has 1 rings (SSSR count). The van der Waals surface area contributed by atoms with E-state index >= 15 is 0 Å². The highest BCUT2D eigenvalue weighted by molar-refractivity contribution is 6.32. The quantitative estimate of drug-likeness (QED) is 0.822. The average Bonchev–Trinajstić information content (AvgIpc) is 2.20. The molecule has 0 saturated carbocycles. The number of benzene rings is 1. The van der Waals surface area contributed by atoms with Gasteiger partial charge in [0.1, 0.15) is 5.75 Å². The smallest absolute Gasteiger partial charge is 0.412 e. The van der Waals surface area contributed by atoms with Gasteiger partial charge in [-0.25, -0.2) is 4.79 Å². The fourth-order valence-electron chi connectivity index (χ4n) is 0.842. The molecule has 0 fully saturated rings. The minimum Gasteiger partial charge on any atom is -0.497 e. The first-order valence-electron chi connectivity index (χ1n) is 3.90. The summed E-state index contributed by atoms with van der Waals surface area (Å²) >= 11 is 5.82. The number of ether oxygens (including phenoxy) is 2. The zero-order valence-corrected chi connectivity index (χ0v) is 8.59. The fraction of sp³-hybridized carbons (Fsp3) is 0.222. The maximum absolute atomic E-state index is 10.9. The first-order valence-corrected chi connectivity index (χ1v) is 4.28. The van der Waals surface area contributed by atoms with Crippen molar-refractivity contribution < 1.29 is 14.3 Å². The Labute approximate surface area is 86.8 Å². The molecule has 0 aromatic heterocycles. The van der Waals surface area contributed by atoms with Crippen molar-refractivity contribution in [2.75, 3.05) is 14.2 Å². The topological polar surface area (TPSA) is 47.6 Å². The van der Waals surface area contributed by atoms with Gasteiger partial charge in [-0.2, -0.15) is 0 Å². The van der Waals surface area contributed by atoms with Crippen LogP contribution in [-0.4, -0.2) is 20.3 Å². The lowest BCUT2D eigenvalue weighted by molar-refractivity contribution is 0.203. The standard InChI is InChI=1S/C9H10ClNO3/c1-11-9(12)14-8-4-3-6(13-2)5-7(8)10/h3-5H,1-2H3,(H,11,12). The SMILES string of the molecule is CNC(=O)Oc1ccc(OC)cc1Cl. The fourth-order valence-corrected chi connectivity index (χ4v) is 1.05. The van der Waals surface area contributed by atoms with E-state index in [0.717, 1.165) is 0 Å². The first kappa shape index (κ1) is 10.7. The Balaban J connectivity index is 2.83. The van der Waals surface area contributed by atoms with Crippen LogP contribution in [0.3, 0.4) is 0 Å². The van der Waals surface area contributed by atoms with Crippen molar-refractivity contribution in [2.24, 2.45) is 0 Å². The van der Waals surface area contributed by atoms with Gasteiger partial charge in [-0.15, -0.1) is 0 Å². The van der Waals surface area contributed by atoms with Crippen LogP contribution in [0.5, 0.6) is 11.5 Å². The predicted molar refractivity (Wildman–Crippen MR) is 53.1 cm³/mol. The van der Waals surface area contributed by atoms with Gasteiger partial charge in [0.15, 0.2) is 5.75 Å². The summed E-state index contributed by atoms with van der Waals surface area (Å²) in [6.45, 7) is 0. The second-order valence-electron chi connectivity index (χ2n) is 2.44. The van der Waals surface area contributed by atoms with Gasteiger partial charge in [0.25, 0.3) is 0 Å². The van der Waals surface area contributed by atoms with Crippen molar-refractivity contribution in [2.45, 2.75) is 0 Å². The zero-order valence-electron chi connectivity index (χ0n) is 7.83. The number of nitrogens with one attached hydrogen (secondary N) is 1. The minimum atomic E-state index is -0.558. The Kier molecular flexibility index (Phi) is 3.59. The molecule has 76 valence electrons. The molecule has 1 aromatic rings. The van der Waals surface area contributed by atoms with Crippen LogP contribution in [0.25, 0.3) is 0 Å². The van der Waals surface area contributed by atoms with E-state index in [1.807, 2.05) is 0 Å². The lowest BCUT2D eigenvalue weighted by Crippen LogP contribution is -2.22. The molecule has 0 unspecified atom stereocenters. The van der Waals surface area contributed by atoms with Gasteiger partial charge in [0.05, 0.1) is 12.1 Å². The molecule has 1 aromatic carbocycles. The third kappa shape index (κ3) is 2.53. The Morgan fingerprint density at radius 3 is 2.71 bits per heavy atom. The molecule has 0 saturated heterocycles. The van der Waals surface area contributed by atoms with Crippen molar-refractivity contribution in [3.63, 3.8) is 0 Å². The summed E-state index contributed by atoms with van der Waals surface area (Å²) in [7, 11) is 3.00. The number of methoxy groups -OCH3 is 1. The Morgan fingerprint density at radius 2 is 2.21 bits per heavy atom. The monoisotopic (exact) mass is 215 g/mol. The van der Waals surface area contributed by atoms with Crippen LogP contribution < -0.4 is 14.8 Å². The van der Waals surface area contributed by atoms with E-state index in [2.05, 4.69) is 5.32 Å². The Morgan fingerprint density at radius 1 is 1.50 bits per heavy atom. The summed E-state index contributed by atoms with van der Waals surface area (Å²) in [6, 6.07) is 4.79. The summed E-state index contributed by atoms with van der Waals surface area (Å²) in [5.41, 5.74) is 0. The van der Waals surface area contributed by atoms with Gasteiger partial charge in [-0.3, -0.25) is 0 Å². The maximum atomic E-state index is 10.9. The number of carbonyl (C=O) groups excluding carboxylic acids is 1. The molecule has 0 aliphatic carbocycles. The van der Waals surface area contributed by atoms with Crippen LogP contribution in [0.1, 0.15) is 0 Å². The van der Waals surface area contributed by atoms with Crippen LogP contribution in [0, 0.1) is 0 Å². The molecule has 0 aliphatic heterocycles. The molecular formula is C9H10ClNO3. The third-order valence-electron chi connectivity index (χ3n) is 1.55. The van der Waals surface area contributed by atoms with E-state index in [1.54, 1.807) is 18.2 Å². The largest absolute Gasteiger partial charge is 0.497 e. The molecule has 14 heavy (non-hydrogen) atoms. The molecule has 5 heteroatoms. The van der Waals surface area contributed by atoms with Crippen molar-refractivity contribution in [1.29, 1.82) is 0 Å². The molecule has 1 N–H and O–H groups in total. The van der Waals surface area contributed by atoms with E-state index in [-0.39, 0.29) is 0 Å². The number of rotatable bonds is 2. The highest BCUT2D eigenvalue weighted by Gasteiger charge is 2.06. The predicted octanol–water partition coefficient (Wildman–Crippen LogP) is 2.07. The van der Waals surface area contributed by atoms with Crippen LogP contribution >= 0.6 is 11.6 Å². The summed E-state index contributed by atoms with van der Waals surface area (Å²) < 4.78 is 9.80. The van der Waals surface area contributed by atoms with Crippen molar-refractivity contribution >= 4 is 17.7 Å². The zero-order chi connectivity index (χ0) is 10.6. The third-order valence-corrected chi connectivity index (χ3v) is 1.84. The minimum absolute atomic E-state index is 0.298. The molecular weight excluding hydrogens is 206 g/mol. The summed E-state index contributed by atoms with van der Waals surface area (Å²) in [4.78, 5) is 10.9. The molecule has 0 heterocycles. The van der Waals surface area contributed by atoms with Gasteiger partial charge >= 0.3 is 6.09 Å². The van der Waals surface area contributed by atoms with Gasteiger partial charge < -0.3 is 14.8 Å². The molecule has 4 nitrogen and oxygen atoms in total. The highest BCUT2D eigenvalue weighted by atomic mass is 35.5. The number of hydrogen-bond donors (Lipinski definition) is 1. The molecule has 0 aliphatic rings. The average molecular weight is 216 g/mol. The lowest BCUT2D eigenvalue weighted by atomic mass is 10.3. The van der Waals surface area contributed by atoms with E-state index in [9.17, 15) is 4.79 Å². The van der Waals surface area contributed by atoms with Gasteiger partial charge in [0.2, 0.25) is 0 Å². The van der Waals surface area contributed by atoms with Gasteiger partial charge in [-0.1, -0.05) is 11.6 Å². The Bertz CT molecular complexity index is 341. The second kappa shape index (κ2) is 4.72.